The van der Waals surface area contributed by atoms with Crippen molar-refractivity contribution in [2.75, 3.05) is 0 Å². The van der Waals surface area contributed by atoms with Crippen molar-refractivity contribution in [3.8, 4) is 0 Å². The van der Waals surface area contributed by atoms with Gasteiger partial charge in [0.2, 0.25) is 0 Å². The molecule has 0 aliphatic heterocycles. The average molecular weight is 141 g/mol. The van der Waals surface area contributed by atoms with Crippen molar-refractivity contribution in [3.63, 3.8) is 0 Å². The van der Waals surface area contributed by atoms with E-state index in [1.807, 2.05) is 0 Å². The van der Waals surface area contributed by atoms with Gasteiger partial charge in [-0.05, 0) is 0 Å². The van der Waals surface area contributed by atoms with Crippen LogP contribution in [0.3, 0.4) is 0 Å². The largest absolute Gasteiger partial charge is 0.294 e. The fraction of sp³-hybridized carbons (Fsp3) is 0. The Labute approximate surface area is 44.3 Å². The Balaban J connectivity index is 3.95. The molecular formula is HN2O5S-. The predicted octanol–water partition coefficient (Wildman–Crippen LogP) is -0.645. The monoisotopic (exact) mass is 141 g/mol. The molecule has 0 spiro atoms. The Morgan fingerprint density at radius 1 is 1.62 bits per heavy atom. The molecule has 0 unspecified atom stereocenters. The maximum atomic E-state index is 9.39. The lowest BCUT2D eigenvalue weighted by Gasteiger charge is -2.00. The fourth-order valence-electron chi connectivity index (χ4n) is 0.0842. The van der Waals surface area contributed by atoms with E-state index in [1.165, 1.54) is 0 Å². The molecule has 8 heteroatoms. The van der Waals surface area contributed by atoms with Crippen LogP contribution in [0.2, 0.25) is 0 Å². The van der Waals surface area contributed by atoms with Crippen LogP contribution in [-0.2, 0) is 10.3 Å². The van der Waals surface area contributed by atoms with Crippen molar-refractivity contribution in [2.24, 2.45) is 0 Å². The summed E-state index contributed by atoms with van der Waals surface area (Å²) in [4.78, 5) is 10.8. The third-order valence-corrected chi connectivity index (χ3v) is 0.510. The molecular weight excluding hydrogens is 140 g/mol. The first-order valence-corrected chi connectivity index (χ1v) is 2.66. The zero-order chi connectivity index (χ0) is 6.78. The molecule has 0 fully saturated rings. The lowest BCUT2D eigenvalue weighted by Crippen LogP contribution is -2.00. The van der Waals surface area contributed by atoms with Gasteiger partial charge in [-0.15, -0.1) is 0 Å². The van der Waals surface area contributed by atoms with Gasteiger partial charge in [-0.2, -0.15) is 0 Å². The number of rotatable bonds is 2. The van der Waals surface area contributed by atoms with Gasteiger partial charge in [0.25, 0.3) is 10.3 Å². The summed E-state index contributed by atoms with van der Waals surface area (Å²) in [5.74, 6) is 0. The summed E-state index contributed by atoms with van der Waals surface area (Å²) in [5, 5.41) is 7.61. The Morgan fingerprint density at radius 2 is 2.00 bits per heavy atom. The minimum absolute atomic E-state index is 1.50. The van der Waals surface area contributed by atoms with Crippen LogP contribution in [0.25, 0.3) is 4.83 Å². The van der Waals surface area contributed by atoms with E-state index in [9.17, 15) is 8.42 Å². The van der Waals surface area contributed by atoms with E-state index in [2.05, 4.69) is 0 Å². The molecule has 0 aromatic heterocycles. The minimum atomic E-state index is -4.80. The smallest absolute Gasteiger partial charge is 0.261 e. The first-order valence-electron chi connectivity index (χ1n) is 1.26. The molecule has 48 valence electrons. The maximum Gasteiger partial charge on any atom is 0.261 e. The van der Waals surface area contributed by atoms with Crippen LogP contribution < -0.4 is 0 Å². The summed E-state index contributed by atoms with van der Waals surface area (Å²) in [6, 6.07) is 0. The third kappa shape index (κ3) is 5.11. The molecule has 0 saturated carbocycles. The molecule has 0 rings (SSSR count). The lowest BCUT2D eigenvalue weighted by molar-refractivity contribution is -0.413. The van der Waals surface area contributed by atoms with Crippen molar-refractivity contribution in [1.29, 1.82) is 0 Å². The molecule has 0 radical (unpaired) electrons. The number of hydrogen-bond acceptors (Lipinski definition) is 4. The van der Waals surface area contributed by atoms with Gasteiger partial charge in [-0.1, -0.05) is 0 Å². The summed E-state index contributed by atoms with van der Waals surface area (Å²) >= 11 is 0. The highest BCUT2D eigenvalue weighted by Crippen LogP contribution is 1.93. The number of nitrogens with zero attached hydrogens (tertiary/aromatic N) is 2. The van der Waals surface area contributed by atoms with E-state index in [4.69, 9.17) is 14.7 Å². The second kappa shape index (κ2) is 1.92. The second-order valence-corrected chi connectivity index (χ2v) is 1.83. The summed E-state index contributed by atoms with van der Waals surface area (Å²) in [7, 11) is -4.80. The fourth-order valence-corrected chi connectivity index (χ4v) is 0.253. The second-order valence-electron chi connectivity index (χ2n) is 0.767. The van der Waals surface area contributed by atoms with Crippen molar-refractivity contribution in [2.45, 2.75) is 0 Å². The van der Waals surface area contributed by atoms with Gasteiger partial charge in [-0.3, -0.25) is 14.7 Å². The van der Waals surface area contributed by atoms with Crippen LogP contribution in [0.5, 0.6) is 0 Å². The molecule has 0 aromatic carbocycles. The molecule has 0 aromatic rings. The van der Waals surface area contributed by atoms with Gasteiger partial charge < -0.3 is 0 Å². The van der Waals surface area contributed by atoms with E-state index in [1.54, 1.807) is 4.83 Å². The summed E-state index contributed by atoms with van der Waals surface area (Å²) < 4.78 is 26.3. The van der Waals surface area contributed by atoms with Crippen LogP contribution in [0.4, 0.5) is 0 Å². The van der Waals surface area contributed by atoms with Crippen molar-refractivity contribution in [3.05, 3.63) is 14.9 Å². The van der Waals surface area contributed by atoms with Crippen molar-refractivity contribution < 1.29 is 18.0 Å². The highest BCUT2D eigenvalue weighted by molar-refractivity contribution is 7.88. The van der Waals surface area contributed by atoms with Crippen LogP contribution in [-0.4, -0.2) is 18.0 Å². The predicted molar refractivity (Wildman–Crippen MR) is 21.9 cm³/mol. The molecule has 0 aliphatic rings. The standard InChI is InChI=1S/HN2O5S/c3-2(4)1-8(5,6)7/h(H,5,6,7)/q-1. The van der Waals surface area contributed by atoms with Gasteiger partial charge >= 0.3 is 0 Å². The summed E-state index contributed by atoms with van der Waals surface area (Å²) in [6.07, 6.45) is 0. The Kier molecular flexibility index (Phi) is 1.71. The topological polar surface area (TPSA) is 112 Å². The zero-order valence-electron chi connectivity index (χ0n) is 3.38. The molecule has 7 nitrogen and oxygen atoms in total. The van der Waals surface area contributed by atoms with Gasteiger partial charge in [0.1, 0.15) is 0 Å². The lowest BCUT2D eigenvalue weighted by atomic mass is 12.7. The van der Waals surface area contributed by atoms with E-state index >= 15 is 0 Å². The van der Waals surface area contributed by atoms with E-state index in [-0.39, 0.29) is 0 Å². The SMILES string of the molecule is O=[N+]([O-])[N-]S(=O)(=O)O. The quantitative estimate of drug-likeness (QED) is 0.312. The first kappa shape index (κ1) is 7.11. The molecule has 0 saturated heterocycles. The van der Waals surface area contributed by atoms with E-state index in [0.717, 1.165) is 0 Å². The van der Waals surface area contributed by atoms with E-state index in [0.29, 0.717) is 0 Å². The van der Waals surface area contributed by atoms with Gasteiger partial charge in [0.05, 0.1) is 0 Å². The third-order valence-electron chi connectivity index (χ3n) is 0.170. The molecule has 0 amide bonds. The minimum Gasteiger partial charge on any atom is -0.294 e. The number of nitro groups is 1. The van der Waals surface area contributed by atoms with Crippen LogP contribution in [0.15, 0.2) is 0 Å². The van der Waals surface area contributed by atoms with Crippen molar-refractivity contribution >= 4 is 10.3 Å². The highest BCUT2D eigenvalue weighted by Gasteiger charge is 1.92. The molecule has 8 heavy (non-hydrogen) atoms. The molecule has 0 bridgehead atoms. The summed E-state index contributed by atoms with van der Waals surface area (Å²) in [5.41, 5.74) is 0. The Bertz CT molecular complexity index is 177. The summed E-state index contributed by atoms with van der Waals surface area (Å²) in [6.45, 7) is 0. The average Bonchev–Trinajstić information content (AvgIpc) is 1.21. The van der Waals surface area contributed by atoms with Crippen LogP contribution >= 0.6 is 0 Å². The number of hydrogen-bond donors (Lipinski definition) is 1. The molecule has 1 N–H and O–H groups in total. The van der Waals surface area contributed by atoms with Crippen molar-refractivity contribution in [1.82, 2.24) is 0 Å². The van der Waals surface area contributed by atoms with Crippen LogP contribution in [0, 0.1) is 10.1 Å². The Hall–Kier alpha value is -0.890. The van der Waals surface area contributed by atoms with Gasteiger partial charge in [0.15, 0.2) is 0 Å². The Morgan fingerprint density at radius 3 is 2.00 bits per heavy atom. The maximum absolute atomic E-state index is 9.39. The highest BCUT2D eigenvalue weighted by atomic mass is 32.2. The normalized spacial score (nSPS) is 10.6. The van der Waals surface area contributed by atoms with Gasteiger partial charge in [-0.25, -0.2) is 13.2 Å². The molecule has 0 heterocycles. The van der Waals surface area contributed by atoms with Crippen LogP contribution in [0.1, 0.15) is 0 Å². The van der Waals surface area contributed by atoms with E-state index < -0.39 is 15.3 Å². The molecule has 0 aliphatic carbocycles. The molecule has 0 atom stereocenters. The zero-order valence-corrected chi connectivity index (χ0v) is 4.20. The van der Waals surface area contributed by atoms with Gasteiger partial charge in [0, 0.05) is 5.03 Å². The first-order chi connectivity index (χ1) is 3.42.